The summed E-state index contributed by atoms with van der Waals surface area (Å²) in [6.07, 6.45) is 1.39. The fourth-order valence-corrected chi connectivity index (χ4v) is 1.88. The molecule has 0 aliphatic rings. The molecule has 0 spiro atoms. The predicted molar refractivity (Wildman–Crippen MR) is 79.8 cm³/mol. The van der Waals surface area contributed by atoms with Crippen molar-refractivity contribution in [2.24, 2.45) is 0 Å². The van der Waals surface area contributed by atoms with E-state index in [1.165, 1.54) is 25.4 Å². The number of pyridine rings is 1. The second kappa shape index (κ2) is 6.36. The van der Waals surface area contributed by atoms with Crippen LogP contribution in [-0.2, 0) is 0 Å². The average Bonchev–Trinajstić information content (AvgIpc) is 2.48. The number of aromatic nitrogens is 1. The first-order valence-corrected chi connectivity index (χ1v) is 6.65. The molecule has 0 aliphatic carbocycles. The van der Waals surface area contributed by atoms with E-state index >= 15 is 0 Å². The van der Waals surface area contributed by atoms with E-state index in [0.29, 0.717) is 15.9 Å². The Morgan fingerprint density at radius 1 is 1.29 bits per heavy atom. The normalized spacial score (nSPS) is 10.0. The Kier molecular flexibility index (Phi) is 4.54. The molecule has 0 saturated heterocycles. The minimum Gasteiger partial charge on any atom is -0.497 e. The molecule has 0 atom stereocenters. The maximum atomic E-state index is 12.1. The molecule has 0 saturated carbocycles. The average molecular weight is 351 g/mol. The van der Waals surface area contributed by atoms with Gasteiger partial charge in [0.05, 0.1) is 23.9 Å². The molecular formula is C14H11BrN2O4. The number of rotatable bonds is 4. The Balaban J connectivity index is 2.28. The van der Waals surface area contributed by atoms with Crippen molar-refractivity contribution in [1.82, 2.24) is 4.98 Å². The zero-order chi connectivity index (χ0) is 15.4. The molecule has 2 aromatic rings. The maximum absolute atomic E-state index is 12.1. The van der Waals surface area contributed by atoms with Crippen LogP contribution in [0.25, 0.3) is 0 Å². The van der Waals surface area contributed by atoms with Crippen LogP contribution in [0.5, 0.6) is 5.75 Å². The highest BCUT2D eigenvalue weighted by Gasteiger charge is 2.15. The Hall–Kier alpha value is -2.41. The number of carboxylic acid groups (broad SMARTS) is 1. The summed E-state index contributed by atoms with van der Waals surface area (Å²) in [5.41, 5.74) is 0.467. The standard InChI is InChI=1S/C14H11BrN2O4/c1-21-9-3-4-11(10(6-9)14(19)20)17-13(18)8-2-5-12(15)16-7-8/h2-7H,1H3,(H,17,18)(H,19,20). The van der Waals surface area contributed by atoms with Gasteiger partial charge in [0.1, 0.15) is 10.4 Å². The van der Waals surface area contributed by atoms with E-state index in [9.17, 15) is 14.7 Å². The molecule has 7 heteroatoms. The number of aromatic carboxylic acids is 1. The molecule has 6 nitrogen and oxygen atoms in total. The first-order valence-electron chi connectivity index (χ1n) is 5.85. The van der Waals surface area contributed by atoms with Gasteiger partial charge < -0.3 is 15.2 Å². The summed E-state index contributed by atoms with van der Waals surface area (Å²) >= 11 is 3.17. The van der Waals surface area contributed by atoms with Crippen LogP contribution in [0.4, 0.5) is 5.69 Å². The Labute approximate surface area is 128 Å². The maximum Gasteiger partial charge on any atom is 0.337 e. The quantitative estimate of drug-likeness (QED) is 0.827. The monoisotopic (exact) mass is 350 g/mol. The van der Waals surface area contributed by atoms with E-state index < -0.39 is 11.9 Å². The van der Waals surface area contributed by atoms with Crippen LogP contribution in [0.15, 0.2) is 41.1 Å². The topological polar surface area (TPSA) is 88.5 Å². The number of halogens is 1. The molecule has 0 aliphatic heterocycles. The second-order valence-corrected chi connectivity index (χ2v) is 4.85. The summed E-state index contributed by atoms with van der Waals surface area (Å²) in [6.45, 7) is 0. The van der Waals surface area contributed by atoms with Gasteiger partial charge in [0, 0.05) is 6.20 Å². The van der Waals surface area contributed by atoms with Crippen LogP contribution in [0.3, 0.4) is 0 Å². The molecule has 0 unspecified atom stereocenters. The van der Waals surface area contributed by atoms with E-state index in [1.54, 1.807) is 18.2 Å². The van der Waals surface area contributed by atoms with Crippen molar-refractivity contribution in [3.63, 3.8) is 0 Å². The van der Waals surface area contributed by atoms with Gasteiger partial charge in [-0.05, 0) is 46.3 Å². The van der Waals surface area contributed by atoms with Gasteiger partial charge in [0.2, 0.25) is 0 Å². The highest BCUT2D eigenvalue weighted by atomic mass is 79.9. The summed E-state index contributed by atoms with van der Waals surface area (Å²) < 4.78 is 5.58. The van der Waals surface area contributed by atoms with Crippen LogP contribution in [0.1, 0.15) is 20.7 Å². The van der Waals surface area contributed by atoms with Crippen molar-refractivity contribution >= 4 is 33.5 Å². The van der Waals surface area contributed by atoms with Gasteiger partial charge in [-0.15, -0.1) is 0 Å². The lowest BCUT2D eigenvalue weighted by atomic mass is 10.1. The first-order chi connectivity index (χ1) is 10.0. The molecule has 21 heavy (non-hydrogen) atoms. The second-order valence-electron chi connectivity index (χ2n) is 4.04. The summed E-state index contributed by atoms with van der Waals surface area (Å²) in [5, 5.41) is 11.7. The summed E-state index contributed by atoms with van der Waals surface area (Å²) in [5.74, 6) is -1.20. The van der Waals surface area contributed by atoms with Gasteiger partial charge in [0.15, 0.2) is 0 Å². The molecule has 0 radical (unpaired) electrons. The number of ether oxygens (including phenoxy) is 1. The highest BCUT2D eigenvalue weighted by molar-refractivity contribution is 9.10. The van der Waals surface area contributed by atoms with Crippen LogP contribution in [-0.4, -0.2) is 29.1 Å². The number of carboxylic acids is 1. The van der Waals surface area contributed by atoms with Gasteiger partial charge >= 0.3 is 5.97 Å². The molecule has 1 aromatic heterocycles. The van der Waals surface area contributed by atoms with Crippen molar-refractivity contribution in [2.45, 2.75) is 0 Å². The predicted octanol–water partition coefficient (Wildman–Crippen LogP) is 2.80. The smallest absolute Gasteiger partial charge is 0.337 e. The minimum atomic E-state index is -1.15. The van der Waals surface area contributed by atoms with Crippen LogP contribution in [0.2, 0.25) is 0 Å². The Bertz CT molecular complexity index is 686. The van der Waals surface area contributed by atoms with E-state index in [-0.39, 0.29) is 11.3 Å². The molecule has 2 N–H and O–H groups in total. The van der Waals surface area contributed by atoms with Gasteiger partial charge in [-0.2, -0.15) is 0 Å². The van der Waals surface area contributed by atoms with Crippen LogP contribution >= 0.6 is 15.9 Å². The highest BCUT2D eigenvalue weighted by Crippen LogP contribution is 2.22. The summed E-state index contributed by atoms with van der Waals surface area (Å²) in [4.78, 5) is 27.2. The lowest BCUT2D eigenvalue weighted by Gasteiger charge is -2.10. The largest absolute Gasteiger partial charge is 0.497 e. The number of carbonyl (C=O) groups is 2. The zero-order valence-electron chi connectivity index (χ0n) is 11.0. The molecule has 1 heterocycles. The number of hydrogen-bond donors (Lipinski definition) is 2. The van der Waals surface area contributed by atoms with Crippen LogP contribution < -0.4 is 10.1 Å². The van der Waals surface area contributed by atoms with Crippen molar-refractivity contribution in [3.05, 3.63) is 52.3 Å². The number of nitrogens with zero attached hydrogens (tertiary/aromatic N) is 1. The van der Waals surface area contributed by atoms with Gasteiger partial charge in [-0.1, -0.05) is 0 Å². The fourth-order valence-electron chi connectivity index (χ4n) is 1.64. The van der Waals surface area contributed by atoms with Crippen molar-refractivity contribution in [3.8, 4) is 5.75 Å². The van der Waals surface area contributed by atoms with E-state index in [1.807, 2.05) is 0 Å². The molecule has 108 valence electrons. The number of anilines is 1. The molecule has 0 bridgehead atoms. The molecule has 0 fully saturated rings. The number of amides is 1. The van der Waals surface area contributed by atoms with Gasteiger partial charge in [-0.25, -0.2) is 9.78 Å². The molecule has 1 amide bonds. The van der Waals surface area contributed by atoms with E-state index in [4.69, 9.17) is 4.74 Å². The Morgan fingerprint density at radius 3 is 2.62 bits per heavy atom. The molecular weight excluding hydrogens is 340 g/mol. The minimum absolute atomic E-state index is 0.0484. The lowest BCUT2D eigenvalue weighted by Crippen LogP contribution is -2.15. The zero-order valence-corrected chi connectivity index (χ0v) is 12.5. The third kappa shape index (κ3) is 3.57. The third-order valence-corrected chi connectivity index (χ3v) is 3.16. The lowest BCUT2D eigenvalue weighted by molar-refractivity contribution is 0.0697. The van der Waals surface area contributed by atoms with E-state index in [0.717, 1.165) is 0 Å². The van der Waals surface area contributed by atoms with Crippen molar-refractivity contribution in [2.75, 3.05) is 12.4 Å². The number of hydrogen-bond acceptors (Lipinski definition) is 4. The van der Waals surface area contributed by atoms with E-state index in [2.05, 4.69) is 26.2 Å². The van der Waals surface area contributed by atoms with Crippen molar-refractivity contribution < 1.29 is 19.4 Å². The van der Waals surface area contributed by atoms with Gasteiger partial charge in [-0.3, -0.25) is 4.79 Å². The number of nitrogens with one attached hydrogen (secondary N) is 1. The first kappa shape index (κ1) is 15.0. The summed E-state index contributed by atoms with van der Waals surface area (Å²) in [6, 6.07) is 7.60. The SMILES string of the molecule is COc1ccc(NC(=O)c2ccc(Br)nc2)c(C(=O)O)c1. The summed E-state index contributed by atoms with van der Waals surface area (Å²) in [7, 11) is 1.44. The number of benzene rings is 1. The van der Waals surface area contributed by atoms with Crippen LogP contribution in [0, 0.1) is 0 Å². The molecule has 1 aromatic carbocycles. The Morgan fingerprint density at radius 2 is 2.05 bits per heavy atom. The van der Waals surface area contributed by atoms with Gasteiger partial charge in [0.25, 0.3) is 5.91 Å². The molecule has 2 rings (SSSR count). The number of methoxy groups -OCH3 is 1. The number of carbonyl (C=O) groups excluding carboxylic acids is 1. The fraction of sp³-hybridized carbons (Fsp3) is 0.0714. The van der Waals surface area contributed by atoms with Crippen molar-refractivity contribution in [1.29, 1.82) is 0 Å². The third-order valence-electron chi connectivity index (χ3n) is 2.69.